The van der Waals surface area contributed by atoms with Crippen LogP contribution in [0.15, 0.2) is 0 Å². The Bertz CT molecular complexity index is 311. The van der Waals surface area contributed by atoms with Crippen LogP contribution in [0, 0.1) is 0 Å². The van der Waals surface area contributed by atoms with Gasteiger partial charge in [-0.1, -0.05) is 6.92 Å². The summed E-state index contributed by atoms with van der Waals surface area (Å²) in [6.45, 7) is 3.73. The van der Waals surface area contributed by atoms with Gasteiger partial charge in [-0.15, -0.1) is 0 Å². The third-order valence-electron chi connectivity index (χ3n) is 3.69. The lowest BCUT2D eigenvalue weighted by Crippen LogP contribution is -2.47. The quantitative estimate of drug-likeness (QED) is 0.702. The molecule has 2 amide bonds. The van der Waals surface area contributed by atoms with Gasteiger partial charge < -0.3 is 20.7 Å². The van der Waals surface area contributed by atoms with E-state index in [2.05, 4.69) is 5.32 Å². The largest absolute Gasteiger partial charge is 0.380 e. The Labute approximate surface area is 121 Å². The molecule has 3 N–H and O–H groups in total. The number of piperidine rings is 1. The number of hydrogen-bond donors (Lipinski definition) is 2. The Kier molecular flexibility index (Phi) is 7.54. The van der Waals surface area contributed by atoms with Gasteiger partial charge >= 0.3 is 0 Å². The SMILES string of the molecule is CCCC(=O)NC1CCN(C(=O)CC(CN)OC)CC1. The van der Waals surface area contributed by atoms with Gasteiger partial charge in [0.05, 0.1) is 12.5 Å². The van der Waals surface area contributed by atoms with E-state index in [4.69, 9.17) is 10.5 Å². The Morgan fingerprint density at radius 1 is 1.40 bits per heavy atom. The molecule has 1 atom stereocenters. The fourth-order valence-electron chi connectivity index (χ4n) is 2.39. The van der Waals surface area contributed by atoms with Crippen LogP contribution in [0.4, 0.5) is 0 Å². The molecule has 0 bridgehead atoms. The van der Waals surface area contributed by atoms with Gasteiger partial charge in [-0.25, -0.2) is 0 Å². The van der Waals surface area contributed by atoms with Crippen molar-refractivity contribution in [1.82, 2.24) is 10.2 Å². The number of amides is 2. The van der Waals surface area contributed by atoms with E-state index in [9.17, 15) is 9.59 Å². The molecule has 1 unspecified atom stereocenters. The van der Waals surface area contributed by atoms with Crippen LogP contribution in [0.2, 0.25) is 0 Å². The standard InChI is InChI=1S/C14H27N3O3/c1-3-4-13(18)16-11-5-7-17(8-6-11)14(19)9-12(10-15)20-2/h11-12H,3-10,15H2,1-2H3,(H,16,18). The fourth-order valence-corrected chi connectivity index (χ4v) is 2.39. The Hall–Kier alpha value is -1.14. The molecule has 1 heterocycles. The van der Waals surface area contributed by atoms with Crippen molar-refractivity contribution in [1.29, 1.82) is 0 Å². The number of nitrogens with two attached hydrogens (primary N) is 1. The van der Waals surface area contributed by atoms with Crippen molar-refractivity contribution < 1.29 is 14.3 Å². The maximum absolute atomic E-state index is 12.1. The summed E-state index contributed by atoms with van der Waals surface area (Å²) in [6, 6.07) is 0.200. The minimum atomic E-state index is -0.204. The Morgan fingerprint density at radius 3 is 2.55 bits per heavy atom. The van der Waals surface area contributed by atoms with Crippen molar-refractivity contribution in [2.75, 3.05) is 26.7 Å². The van der Waals surface area contributed by atoms with Crippen LogP contribution in [0.1, 0.15) is 39.0 Å². The lowest BCUT2D eigenvalue weighted by molar-refractivity contribution is -0.134. The smallest absolute Gasteiger partial charge is 0.225 e. The lowest BCUT2D eigenvalue weighted by Gasteiger charge is -2.33. The van der Waals surface area contributed by atoms with Crippen molar-refractivity contribution in [2.24, 2.45) is 5.73 Å². The molecule has 1 aliphatic rings. The molecule has 1 rings (SSSR count). The van der Waals surface area contributed by atoms with Gasteiger partial charge in [0.2, 0.25) is 11.8 Å². The van der Waals surface area contributed by atoms with E-state index >= 15 is 0 Å². The molecule has 1 fully saturated rings. The highest BCUT2D eigenvalue weighted by molar-refractivity contribution is 5.77. The van der Waals surface area contributed by atoms with Crippen LogP contribution in [0.25, 0.3) is 0 Å². The molecule has 1 saturated heterocycles. The van der Waals surface area contributed by atoms with Gasteiger partial charge in [-0.3, -0.25) is 9.59 Å². The predicted molar refractivity (Wildman–Crippen MR) is 77.1 cm³/mol. The third-order valence-corrected chi connectivity index (χ3v) is 3.69. The minimum absolute atomic E-state index is 0.0839. The fraction of sp³-hybridized carbons (Fsp3) is 0.857. The second-order valence-corrected chi connectivity index (χ2v) is 5.27. The molecule has 1 aliphatic heterocycles. The van der Waals surface area contributed by atoms with E-state index in [-0.39, 0.29) is 24.0 Å². The number of ether oxygens (including phenoxy) is 1. The summed E-state index contributed by atoms with van der Waals surface area (Å²) in [7, 11) is 1.57. The number of carbonyl (C=O) groups excluding carboxylic acids is 2. The summed E-state index contributed by atoms with van der Waals surface area (Å²) in [6.07, 6.45) is 3.21. The van der Waals surface area contributed by atoms with Gasteiger partial charge in [0.1, 0.15) is 0 Å². The Morgan fingerprint density at radius 2 is 2.05 bits per heavy atom. The summed E-state index contributed by atoms with van der Waals surface area (Å²) in [5.41, 5.74) is 5.52. The molecule has 6 nitrogen and oxygen atoms in total. The van der Waals surface area contributed by atoms with E-state index in [1.165, 1.54) is 0 Å². The Balaban J connectivity index is 2.30. The number of nitrogens with one attached hydrogen (secondary N) is 1. The normalized spacial score (nSPS) is 17.9. The highest BCUT2D eigenvalue weighted by atomic mass is 16.5. The first-order valence-electron chi connectivity index (χ1n) is 7.40. The predicted octanol–water partition coefficient (Wildman–Crippen LogP) is 0.258. The molecule has 0 radical (unpaired) electrons. The second-order valence-electron chi connectivity index (χ2n) is 5.27. The van der Waals surface area contributed by atoms with Crippen molar-refractivity contribution in [3.8, 4) is 0 Å². The molecule has 0 aromatic rings. The van der Waals surface area contributed by atoms with E-state index in [1.807, 2.05) is 11.8 Å². The van der Waals surface area contributed by atoms with Gasteiger partial charge in [0.15, 0.2) is 0 Å². The van der Waals surface area contributed by atoms with Gasteiger partial charge in [-0.05, 0) is 19.3 Å². The van der Waals surface area contributed by atoms with Gasteiger partial charge in [-0.2, -0.15) is 0 Å². The lowest BCUT2D eigenvalue weighted by atomic mass is 10.0. The molecular weight excluding hydrogens is 258 g/mol. The molecule has 116 valence electrons. The first-order valence-corrected chi connectivity index (χ1v) is 7.40. The van der Waals surface area contributed by atoms with Crippen LogP contribution >= 0.6 is 0 Å². The summed E-state index contributed by atoms with van der Waals surface area (Å²) in [5, 5.41) is 3.02. The third kappa shape index (κ3) is 5.46. The molecule has 0 saturated carbocycles. The van der Waals surface area contributed by atoms with Crippen molar-refractivity contribution in [3.05, 3.63) is 0 Å². The van der Waals surface area contributed by atoms with Crippen molar-refractivity contribution >= 4 is 11.8 Å². The highest BCUT2D eigenvalue weighted by Crippen LogP contribution is 2.13. The number of hydrogen-bond acceptors (Lipinski definition) is 4. The molecule has 6 heteroatoms. The molecule has 0 aliphatic carbocycles. The molecule has 20 heavy (non-hydrogen) atoms. The zero-order valence-electron chi connectivity index (χ0n) is 12.6. The maximum atomic E-state index is 12.1. The first kappa shape index (κ1) is 16.9. The molecular formula is C14H27N3O3. The van der Waals surface area contributed by atoms with Crippen LogP contribution in [-0.4, -0.2) is 55.6 Å². The summed E-state index contributed by atoms with van der Waals surface area (Å²) in [4.78, 5) is 25.4. The van der Waals surface area contributed by atoms with E-state index in [0.29, 0.717) is 32.5 Å². The highest BCUT2D eigenvalue weighted by Gasteiger charge is 2.25. The molecule has 0 aromatic carbocycles. The number of carbonyl (C=O) groups is 2. The van der Waals surface area contributed by atoms with E-state index in [0.717, 1.165) is 19.3 Å². The van der Waals surface area contributed by atoms with Crippen LogP contribution in [-0.2, 0) is 14.3 Å². The number of methoxy groups -OCH3 is 1. The maximum Gasteiger partial charge on any atom is 0.225 e. The number of nitrogens with zero attached hydrogens (tertiary/aromatic N) is 1. The summed E-state index contributed by atoms with van der Waals surface area (Å²) in [5.74, 6) is 0.195. The molecule has 0 aromatic heterocycles. The summed E-state index contributed by atoms with van der Waals surface area (Å²) >= 11 is 0. The average Bonchev–Trinajstić information content (AvgIpc) is 2.45. The van der Waals surface area contributed by atoms with Crippen LogP contribution in [0.5, 0.6) is 0 Å². The number of likely N-dealkylation sites (tertiary alicyclic amines) is 1. The van der Waals surface area contributed by atoms with Crippen molar-refractivity contribution in [3.63, 3.8) is 0 Å². The van der Waals surface area contributed by atoms with Crippen molar-refractivity contribution in [2.45, 2.75) is 51.2 Å². The van der Waals surface area contributed by atoms with Gasteiger partial charge in [0, 0.05) is 39.2 Å². The van der Waals surface area contributed by atoms with Crippen LogP contribution in [0.3, 0.4) is 0 Å². The average molecular weight is 285 g/mol. The van der Waals surface area contributed by atoms with E-state index in [1.54, 1.807) is 7.11 Å². The summed E-state index contributed by atoms with van der Waals surface area (Å²) < 4.78 is 5.13. The van der Waals surface area contributed by atoms with Crippen LogP contribution < -0.4 is 11.1 Å². The monoisotopic (exact) mass is 285 g/mol. The zero-order valence-corrected chi connectivity index (χ0v) is 12.6. The minimum Gasteiger partial charge on any atom is -0.380 e. The number of rotatable bonds is 7. The van der Waals surface area contributed by atoms with E-state index < -0.39 is 0 Å². The topological polar surface area (TPSA) is 84.7 Å². The second kappa shape index (κ2) is 8.92. The molecule has 0 spiro atoms. The first-order chi connectivity index (χ1) is 9.60. The van der Waals surface area contributed by atoms with Gasteiger partial charge in [0.25, 0.3) is 0 Å². The zero-order chi connectivity index (χ0) is 15.0.